The van der Waals surface area contributed by atoms with Gasteiger partial charge in [-0.15, -0.1) is 0 Å². The van der Waals surface area contributed by atoms with Gasteiger partial charge in [0.2, 0.25) is 0 Å². The average Bonchev–Trinajstić information content (AvgIpc) is 2.41. The van der Waals surface area contributed by atoms with Gasteiger partial charge in [-0.2, -0.15) is 0 Å². The Balaban J connectivity index is 2.38. The summed E-state index contributed by atoms with van der Waals surface area (Å²) < 4.78 is 6.11. The monoisotopic (exact) mass is 296 g/mol. The molecular weight excluding hydrogens is 272 g/mol. The Morgan fingerprint density at radius 3 is 2.55 bits per heavy atom. The molecule has 1 saturated carbocycles. The van der Waals surface area contributed by atoms with Gasteiger partial charge in [-0.05, 0) is 50.5 Å². The second kappa shape index (κ2) is 6.40. The Morgan fingerprint density at radius 1 is 1.35 bits per heavy atom. The zero-order valence-electron chi connectivity index (χ0n) is 12.9. The van der Waals surface area contributed by atoms with Crippen LogP contribution in [0, 0.1) is 5.92 Å². The van der Waals surface area contributed by atoms with Crippen LogP contribution in [0.25, 0.3) is 0 Å². The summed E-state index contributed by atoms with van der Waals surface area (Å²) >= 11 is 6.20. The molecule has 0 N–H and O–H groups in total. The van der Waals surface area contributed by atoms with Crippen LogP contribution < -0.4 is 0 Å². The molecule has 1 aliphatic carbocycles. The first-order valence-corrected chi connectivity index (χ1v) is 8.03. The van der Waals surface area contributed by atoms with Crippen LogP contribution in [-0.4, -0.2) is 16.6 Å². The Kier molecular flexibility index (Phi) is 5.03. The van der Waals surface area contributed by atoms with Gasteiger partial charge >= 0.3 is 0 Å². The maximum atomic E-state index is 6.20. The Bertz CT molecular complexity index is 454. The first-order valence-electron chi connectivity index (χ1n) is 7.65. The number of ether oxygens (including phenoxy) is 1. The van der Waals surface area contributed by atoms with Crippen molar-refractivity contribution in [2.75, 3.05) is 6.61 Å². The molecule has 4 heteroatoms. The number of hydrogen-bond donors (Lipinski definition) is 0. The summed E-state index contributed by atoms with van der Waals surface area (Å²) in [7, 11) is 0. The summed E-state index contributed by atoms with van der Waals surface area (Å²) in [6.07, 6.45) is 4.29. The molecule has 0 bridgehead atoms. The lowest BCUT2D eigenvalue weighted by Crippen LogP contribution is -2.36. The molecule has 20 heavy (non-hydrogen) atoms. The molecule has 0 aromatic carbocycles. The fourth-order valence-electron chi connectivity index (χ4n) is 2.87. The van der Waals surface area contributed by atoms with Crippen molar-refractivity contribution in [1.29, 1.82) is 0 Å². The molecule has 2 rings (SSSR count). The fraction of sp³-hybridized carbons (Fsp3) is 0.750. The van der Waals surface area contributed by atoms with Gasteiger partial charge in [0.1, 0.15) is 10.8 Å². The third-order valence-electron chi connectivity index (χ3n) is 4.22. The van der Waals surface area contributed by atoms with E-state index in [2.05, 4.69) is 25.8 Å². The molecular formula is C16H25ClN2O. The summed E-state index contributed by atoms with van der Waals surface area (Å²) in [5.74, 6) is 1.88. The predicted molar refractivity (Wildman–Crippen MR) is 82.1 cm³/mol. The average molecular weight is 297 g/mol. The molecule has 1 aromatic heterocycles. The van der Waals surface area contributed by atoms with Gasteiger partial charge in [0, 0.05) is 12.3 Å². The topological polar surface area (TPSA) is 35.0 Å². The van der Waals surface area contributed by atoms with Crippen LogP contribution in [-0.2, 0) is 10.3 Å². The Hall–Kier alpha value is -0.670. The maximum absolute atomic E-state index is 6.20. The molecule has 3 nitrogen and oxygen atoms in total. The summed E-state index contributed by atoms with van der Waals surface area (Å²) in [6.45, 7) is 9.26. The molecule has 1 fully saturated rings. The van der Waals surface area contributed by atoms with Gasteiger partial charge in [-0.3, -0.25) is 0 Å². The quantitative estimate of drug-likeness (QED) is 0.756. The molecule has 0 atom stereocenters. The van der Waals surface area contributed by atoms with Gasteiger partial charge in [-0.25, -0.2) is 9.97 Å². The van der Waals surface area contributed by atoms with Gasteiger partial charge in [0.05, 0.1) is 0 Å². The minimum absolute atomic E-state index is 0.337. The summed E-state index contributed by atoms with van der Waals surface area (Å²) in [6, 6.07) is 1.86. The standard InChI is InChI=1S/C16H25ClN2O/c1-5-20-16(8-6-12(4)7-9-16)15-18-13(11(2)3)10-14(17)19-15/h10-12H,5-9H2,1-4H3. The Labute approximate surface area is 127 Å². The van der Waals surface area contributed by atoms with E-state index in [9.17, 15) is 0 Å². The van der Waals surface area contributed by atoms with Crippen LogP contribution in [0.4, 0.5) is 0 Å². The molecule has 112 valence electrons. The van der Waals surface area contributed by atoms with E-state index < -0.39 is 0 Å². The zero-order chi connectivity index (χ0) is 14.8. The van der Waals surface area contributed by atoms with Crippen LogP contribution in [0.5, 0.6) is 0 Å². The lowest BCUT2D eigenvalue weighted by Gasteiger charge is -2.38. The SMILES string of the molecule is CCOC1(c2nc(Cl)cc(C(C)C)n2)CCC(C)CC1. The summed E-state index contributed by atoms with van der Waals surface area (Å²) in [5, 5.41) is 0.524. The van der Waals surface area contributed by atoms with E-state index in [0.29, 0.717) is 17.7 Å². The Morgan fingerprint density at radius 2 is 2.00 bits per heavy atom. The van der Waals surface area contributed by atoms with Crippen LogP contribution >= 0.6 is 11.6 Å². The molecule has 0 unspecified atom stereocenters. The highest BCUT2D eigenvalue weighted by atomic mass is 35.5. The third-order valence-corrected chi connectivity index (χ3v) is 4.41. The summed E-state index contributed by atoms with van der Waals surface area (Å²) in [5.41, 5.74) is 0.660. The van der Waals surface area contributed by atoms with Crippen molar-refractivity contribution in [1.82, 2.24) is 9.97 Å². The predicted octanol–water partition coefficient (Wildman–Crippen LogP) is 4.70. The second-order valence-electron chi connectivity index (χ2n) is 6.20. The van der Waals surface area contributed by atoms with Gasteiger partial charge in [0.25, 0.3) is 0 Å². The van der Waals surface area contributed by atoms with Crippen molar-refractivity contribution < 1.29 is 4.74 Å². The van der Waals surface area contributed by atoms with Crippen LogP contribution in [0.2, 0.25) is 5.15 Å². The first-order chi connectivity index (χ1) is 9.47. The van der Waals surface area contributed by atoms with Crippen molar-refractivity contribution >= 4 is 11.6 Å². The first kappa shape index (κ1) is 15.7. The smallest absolute Gasteiger partial charge is 0.162 e. The fourth-order valence-corrected chi connectivity index (χ4v) is 3.06. The van der Waals surface area contributed by atoms with Crippen LogP contribution in [0.3, 0.4) is 0 Å². The maximum Gasteiger partial charge on any atom is 0.162 e. The lowest BCUT2D eigenvalue weighted by atomic mass is 9.78. The van der Waals surface area contributed by atoms with Gasteiger partial charge in [-0.1, -0.05) is 32.4 Å². The van der Waals surface area contributed by atoms with E-state index in [0.717, 1.165) is 43.1 Å². The number of nitrogens with zero attached hydrogens (tertiary/aromatic N) is 2. The van der Waals surface area contributed by atoms with Gasteiger partial charge in [0.15, 0.2) is 5.82 Å². The zero-order valence-corrected chi connectivity index (χ0v) is 13.7. The normalized spacial score (nSPS) is 27.0. The number of aromatic nitrogens is 2. The van der Waals surface area contributed by atoms with Crippen molar-refractivity contribution in [2.45, 2.75) is 64.9 Å². The number of halogens is 1. The molecule has 0 aliphatic heterocycles. The molecule has 0 spiro atoms. The van der Waals surface area contributed by atoms with E-state index in [1.54, 1.807) is 0 Å². The van der Waals surface area contributed by atoms with E-state index >= 15 is 0 Å². The van der Waals surface area contributed by atoms with Crippen LogP contribution in [0.15, 0.2) is 6.07 Å². The summed E-state index contributed by atoms with van der Waals surface area (Å²) in [4.78, 5) is 9.24. The minimum Gasteiger partial charge on any atom is -0.367 e. The number of hydrogen-bond acceptors (Lipinski definition) is 3. The largest absolute Gasteiger partial charge is 0.367 e. The van der Waals surface area contributed by atoms with Gasteiger partial charge < -0.3 is 4.74 Å². The van der Waals surface area contributed by atoms with E-state index in [1.807, 2.05) is 13.0 Å². The highest BCUT2D eigenvalue weighted by molar-refractivity contribution is 6.29. The third kappa shape index (κ3) is 3.32. The van der Waals surface area contributed by atoms with E-state index in [4.69, 9.17) is 21.3 Å². The molecule has 0 radical (unpaired) electrons. The second-order valence-corrected chi connectivity index (χ2v) is 6.59. The molecule has 0 saturated heterocycles. The molecule has 1 heterocycles. The van der Waals surface area contributed by atoms with Crippen molar-refractivity contribution in [3.63, 3.8) is 0 Å². The van der Waals surface area contributed by atoms with E-state index in [-0.39, 0.29) is 5.60 Å². The van der Waals surface area contributed by atoms with Crippen LogP contribution in [0.1, 0.15) is 70.8 Å². The molecule has 0 amide bonds. The minimum atomic E-state index is -0.337. The lowest BCUT2D eigenvalue weighted by molar-refractivity contribution is -0.0838. The molecule has 1 aliphatic rings. The van der Waals surface area contributed by atoms with Crippen molar-refractivity contribution in [2.24, 2.45) is 5.92 Å². The van der Waals surface area contributed by atoms with Crippen molar-refractivity contribution in [3.05, 3.63) is 22.7 Å². The highest BCUT2D eigenvalue weighted by Crippen LogP contribution is 2.41. The van der Waals surface area contributed by atoms with Crippen molar-refractivity contribution in [3.8, 4) is 0 Å². The molecule has 1 aromatic rings. The highest BCUT2D eigenvalue weighted by Gasteiger charge is 2.39. The van der Waals surface area contributed by atoms with E-state index in [1.165, 1.54) is 0 Å². The number of rotatable bonds is 4.